The molecule has 0 aliphatic heterocycles. The molecule has 4 heteroatoms. The summed E-state index contributed by atoms with van der Waals surface area (Å²) in [5.74, 6) is -0.764. The van der Waals surface area contributed by atoms with Gasteiger partial charge in [0.15, 0.2) is 0 Å². The summed E-state index contributed by atoms with van der Waals surface area (Å²) in [6.45, 7) is 1.28. The fourth-order valence-corrected chi connectivity index (χ4v) is 0.0839. The van der Waals surface area contributed by atoms with Crippen molar-refractivity contribution >= 4 is 11.6 Å². The molecule has 0 aromatic rings. The molecule has 4 nitrogen and oxygen atoms in total. The van der Waals surface area contributed by atoms with Crippen molar-refractivity contribution in [3.05, 3.63) is 0 Å². The quantitative estimate of drug-likeness (QED) is 0.238. The Kier molecular flexibility index (Phi) is 2.01. The van der Waals surface area contributed by atoms with Crippen LogP contribution < -0.4 is 5.48 Å². The molecular formula is C3H6N2O2. The maximum Gasteiger partial charge on any atom is 0.287 e. The van der Waals surface area contributed by atoms with E-state index in [9.17, 15) is 4.79 Å². The second-order valence-electron chi connectivity index (χ2n) is 1.07. The van der Waals surface area contributed by atoms with Crippen LogP contribution in [-0.2, 0) is 4.79 Å². The molecule has 40 valence electrons. The lowest BCUT2D eigenvalue weighted by Crippen LogP contribution is -2.24. The van der Waals surface area contributed by atoms with E-state index in [-0.39, 0.29) is 5.71 Å². The van der Waals surface area contributed by atoms with E-state index >= 15 is 0 Å². The number of rotatable bonds is 1. The highest BCUT2D eigenvalue weighted by atomic mass is 16.5. The van der Waals surface area contributed by atoms with Gasteiger partial charge >= 0.3 is 0 Å². The smallest absolute Gasteiger partial charge is 0.287 e. The molecule has 0 radical (unpaired) electrons. The Hall–Kier alpha value is -0.900. The molecule has 0 atom stereocenters. The molecule has 0 heterocycles. The lowest BCUT2D eigenvalue weighted by molar-refractivity contribution is -0.122. The normalized spacial score (nSPS) is 7.71. The van der Waals surface area contributed by atoms with E-state index in [0.717, 1.165) is 0 Å². The predicted octanol–water partition coefficient (Wildman–Crippen LogP) is -0.469. The molecule has 0 aliphatic rings. The summed E-state index contributed by atoms with van der Waals surface area (Å²) in [6.07, 6.45) is 0. The molecular weight excluding hydrogens is 96.0 g/mol. The summed E-state index contributed by atoms with van der Waals surface area (Å²) in [7, 11) is 0. The largest absolute Gasteiger partial charge is 0.300 e. The maximum atomic E-state index is 9.93. The van der Waals surface area contributed by atoms with Crippen LogP contribution in [0.1, 0.15) is 6.92 Å². The van der Waals surface area contributed by atoms with Gasteiger partial charge in [0.1, 0.15) is 0 Å². The molecule has 3 N–H and O–H groups in total. The highest BCUT2D eigenvalue weighted by Gasteiger charge is 1.96. The number of hydrogen-bond donors (Lipinski definition) is 3. The van der Waals surface area contributed by atoms with Crippen LogP contribution in [-0.4, -0.2) is 16.8 Å². The number of hydroxylamine groups is 1. The van der Waals surface area contributed by atoms with Gasteiger partial charge in [0.25, 0.3) is 5.91 Å². The minimum atomic E-state index is -0.764. The summed E-state index contributed by atoms with van der Waals surface area (Å²) in [5, 5.41) is 14.3. The first-order valence-electron chi connectivity index (χ1n) is 1.68. The number of nitrogens with one attached hydrogen (secondary N) is 2. The molecule has 0 aliphatic carbocycles. The Balaban J connectivity index is 3.58. The molecule has 0 aromatic heterocycles. The van der Waals surface area contributed by atoms with Gasteiger partial charge in [-0.15, -0.1) is 0 Å². The summed E-state index contributed by atoms with van der Waals surface area (Å²) in [5.41, 5.74) is 1.09. The molecule has 0 rings (SSSR count). The molecule has 0 unspecified atom stereocenters. The van der Waals surface area contributed by atoms with E-state index in [2.05, 4.69) is 0 Å². The predicted molar refractivity (Wildman–Crippen MR) is 23.3 cm³/mol. The zero-order valence-electron chi connectivity index (χ0n) is 3.86. The number of amides is 1. The van der Waals surface area contributed by atoms with Crippen LogP contribution in [0.25, 0.3) is 0 Å². The van der Waals surface area contributed by atoms with Gasteiger partial charge in [0.2, 0.25) is 0 Å². The van der Waals surface area contributed by atoms with Crippen molar-refractivity contribution in [1.82, 2.24) is 5.48 Å². The molecule has 0 aromatic carbocycles. The van der Waals surface area contributed by atoms with Crippen LogP contribution in [0.2, 0.25) is 0 Å². The molecule has 0 saturated heterocycles. The van der Waals surface area contributed by atoms with Gasteiger partial charge in [-0.3, -0.25) is 15.4 Å². The Bertz CT molecular complexity index is 99.1. The lowest BCUT2D eigenvalue weighted by Gasteiger charge is -1.88. The zero-order valence-corrected chi connectivity index (χ0v) is 3.86. The first kappa shape index (κ1) is 6.10. The molecule has 7 heavy (non-hydrogen) atoms. The highest BCUT2D eigenvalue weighted by molar-refractivity contribution is 6.36. The Morgan fingerprint density at radius 3 is 2.29 bits per heavy atom. The third-order valence-corrected chi connectivity index (χ3v) is 0.442. The minimum absolute atomic E-state index is 0.206. The topological polar surface area (TPSA) is 73.2 Å². The van der Waals surface area contributed by atoms with Gasteiger partial charge in [-0.1, -0.05) is 0 Å². The fourth-order valence-electron chi connectivity index (χ4n) is 0.0839. The monoisotopic (exact) mass is 102 g/mol. The first-order valence-corrected chi connectivity index (χ1v) is 1.68. The van der Waals surface area contributed by atoms with E-state index in [1.165, 1.54) is 12.4 Å². The van der Waals surface area contributed by atoms with Crippen molar-refractivity contribution < 1.29 is 10.0 Å². The Morgan fingerprint density at radius 1 is 1.86 bits per heavy atom. The summed E-state index contributed by atoms with van der Waals surface area (Å²) < 4.78 is 0. The Labute approximate surface area is 40.6 Å². The average Bonchev–Trinajstić information content (AvgIpc) is 1.65. The average molecular weight is 102 g/mol. The van der Waals surface area contributed by atoms with E-state index in [0.29, 0.717) is 0 Å². The van der Waals surface area contributed by atoms with Crippen LogP contribution in [0.5, 0.6) is 0 Å². The van der Waals surface area contributed by atoms with Gasteiger partial charge in [-0.25, -0.2) is 5.48 Å². The number of carbonyl (C=O) groups excluding carboxylic acids is 1. The van der Waals surface area contributed by atoms with E-state index in [1.54, 1.807) is 0 Å². The van der Waals surface area contributed by atoms with Crippen molar-refractivity contribution in [1.29, 1.82) is 5.41 Å². The van der Waals surface area contributed by atoms with Gasteiger partial charge in [-0.05, 0) is 6.92 Å². The van der Waals surface area contributed by atoms with Crippen molar-refractivity contribution in [2.24, 2.45) is 0 Å². The van der Waals surface area contributed by atoms with Crippen LogP contribution in [0.3, 0.4) is 0 Å². The first-order chi connectivity index (χ1) is 3.18. The standard InChI is InChI=1S/C3H6N2O2/c1-2(4)3(6)5-7/h4,7H,1H3,(H,5,6). The summed E-state index contributed by atoms with van der Waals surface area (Å²) in [6, 6.07) is 0. The maximum absolute atomic E-state index is 9.93. The van der Waals surface area contributed by atoms with Gasteiger partial charge in [-0.2, -0.15) is 0 Å². The van der Waals surface area contributed by atoms with Crippen molar-refractivity contribution in [2.75, 3.05) is 0 Å². The fraction of sp³-hybridized carbons (Fsp3) is 0.333. The highest BCUT2D eigenvalue weighted by Crippen LogP contribution is 1.64. The van der Waals surface area contributed by atoms with Gasteiger partial charge in [0.05, 0.1) is 5.71 Å². The molecule has 0 spiro atoms. The van der Waals surface area contributed by atoms with Crippen LogP contribution in [0, 0.1) is 5.41 Å². The Morgan fingerprint density at radius 2 is 2.29 bits per heavy atom. The van der Waals surface area contributed by atoms with Crippen molar-refractivity contribution in [2.45, 2.75) is 6.92 Å². The zero-order chi connectivity index (χ0) is 5.86. The number of carbonyl (C=O) groups is 1. The number of hydrogen-bond acceptors (Lipinski definition) is 3. The van der Waals surface area contributed by atoms with Crippen molar-refractivity contribution in [3.8, 4) is 0 Å². The van der Waals surface area contributed by atoms with Gasteiger partial charge < -0.3 is 0 Å². The molecule has 0 bridgehead atoms. The second kappa shape index (κ2) is 2.30. The lowest BCUT2D eigenvalue weighted by atomic mass is 10.4. The van der Waals surface area contributed by atoms with E-state index in [4.69, 9.17) is 10.6 Å². The van der Waals surface area contributed by atoms with E-state index < -0.39 is 5.91 Å². The molecule has 0 saturated carbocycles. The van der Waals surface area contributed by atoms with Gasteiger partial charge in [0, 0.05) is 0 Å². The van der Waals surface area contributed by atoms with E-state index in [1.807, 2.05) is 0 Å². The SMILES string of the molecule is CC(=N)C(=O)NO. The van der Waals surface area contributed by atoms with Crippen molar-refractivity contribution in [3.63, 3.8) is 0 Å². The molecule has 1 amide bonds. The third kappa shape index (κ3) is 1.88. The van der Waals surface area contributed by atoms with Crippen LogP contribution >= 0.6 is 0 Å². The summed E-state index contributed by atoms with van der Waals surface area (Å²) in [4.78, 5) is 9.93. The second-order valence-corrected chi connectivity index (χ2v) is 1.07. The summed E-state index contributed by atoms with van der Waals surface area (Å²) >= 11 is 0. The minimum Gasteiger partial charge on any atom is -0.300 e. The third-order valence-electron chi connectivity index (χ3n) is 0.442. The molecule has 0 fully saturated rings. The van der Waals surface area contributed by atoms with Crippen LogP contribution in [0.15, 0.2) is 0 Å². The van der Waals surface area contributed by atoms with Crippen LogP contribution in [0.4, 0.5) is 0 Å².